The van der Waals surface area contributed by atoms with Crippen molar-refractivity contribution in [2.45, 2.75) is 6.92 Å². The van der Waals surface area contributed by atoms with Crippen molar-refractivity contribution in [3.05, 3.63) is 66.0 Å². The van der Waals surface area contributed by atoms with Gasteiger partial charge in [-0.3, -0.25) is 4.79 Å². The molecule has 0 unspecified atom stereocenters. The van der Waals surface area contributed by atoms with E-state index in [0.717, 1.165) is 22.7 Å². The molecule has 1 aliphatic heterocycles. The second kappa shape index (κ2) is 7.48. The molecule has 0 bridgehead atoms. The van der Waals surface area contributed by atoms with E-state index in [1.165, 1.54) is 0 Å². The summed E-state index contributed by atoms with van der Waals surface area (Å²) >= 11 is 0. The lowest BCUT2D eigenvalue weighted by Gasteiger charge is -2.11. The number of nitrogens with zero attached hydrogens (tertiary/aromatic N) is 1. The number of ether oxygens (including phenoxy) is 3. The van der Waals surface area contributed by atoms with Gasteiger partial charge in [0.15, 0.2) is 11.5 Å². The number of nitrogens with one attached hydrogen (secondary N) is 2. The second-order valence-electron chi connectivity index (χ2n) is 6.28. The van der Waals surface area contributed by atoms with Crippen molar-refractivity contribution in [2.75, 3.05) is 24.5 Å². The number of hydrogen-bond donors (Lipinski definition) is 2. The summed E-state index contributed by atoms with van der Waals surface area (Å²) < 4.78 is 16.0. The number of hydrogen-bond acceptors (Lipinski definition) is 6. The highest BCUT2D eigenvalue weighted by atomic mass is 16.7. The third kappa shape index (κ3) is 3.68. The topological polar surface area (TPSA) is 81.7 Å². The van der Waals surface area contributed by atoms with Crippen molar-refractivity contribution in [1.82, 2.24) is 4.98 Å². The van der Waals surface area contributed by atoms with Gasteiger partial charge in [0.2, 0.25) is 6.79 Å². The summed E-state index contributed by atoms with van der Waals surface area (Å²) in [5.74, 6) is 1.71. The van der Waals surface area contributed by atoms with Crippen molar-refractivity contribution in [3.63, 3.8) is 0 Å². The van der Waals surface area contributed by atoms with E-state index < -0.39 is 0 Å². The summed E-state index contributed by atoms with van der Waals surface area (Å²) in [7, 11) is 1.56. The van der Waals surface area contributed by atoms with Gasteiger partial charge in [0.25, 0.3) is 5.91 Å². The van der Waals surface area contributed by atoms with E-state index in [1.807, 2.05) is 43.3 Å². The number of aryl methyl sites for hydroxylation is 1. The van der Waals surface area contributed by atoms with Crippen LogP contribution in [-0.2, 0) is 0 Å². The minimum absolute atomic E-state index is 0.232. The number of benzene rings is 2. The molecule has 3 aromatic rings. The van der Waals surface area contributed by atoms with E-state index in [-0.39, 0.29) is 12.7 Å². The Labute approximate surface area is 162 Å². The van der Waals surface area contributed by atoms with Crippen molar-refractivity contribution in [3.8, 4) is 17.2 Å². The van der Waals surface area contributed by atoms with Crippen LogP contribution in [0.1, 0.15) is 16.1 Å². The maximum absolute atomic E-state index is 12.5. The van der Waals surface area contributed by atoms with Gasteiger partial charge in [0.1, 0.15) is 11.4 Å². The lowest BCUT2D eigenvalue weighted by atomic mass is 10.2. The Morgan fingerprint density at radius 2 is 1.86 bits per heavy atom. The van der Waals surface area contributed by atoms with E-state index in [2.05, 4.69) is 15.6 Å². The number of pyridine rings is 1. The van der Waals surface area contributed by atoms with Gasteiger partial charge in [0, 0.05) is 11.8 Å². The van der Waals surface area contributed by atoms with Gasteiger partial charge in [0.05, 0.1) is 24.7 Å². The fourth-order valence-corrected chi connectivity index (χ4v) is 2.85. The fourth-order valence-electron chi connectivity index (χ4n) is 2.85. The quantitative estimate of drug-likeness (QED) is 0.696. The Morgan fingerprint density at radius 1 is 1.04 bits per heavy atom. The molecule has 0 radical (unpaired) electrons. The Bertz CT molecular complexity index is 1020. The summed E-state index contributed by atoms with van der Waals surface area (Å²) in [6.07, 6.45) is 1.60. The molecule has 2 aromatic carbocycles. The minimum atomic E-state index is -0.307. The molecule has 0 aliphatic carbocycles. The zero-order chi connectivity index (χ0) is 19.5. The van der Waals surface area contributed by atoms with Crippen LogP contribution in [0.25, 0.3) is 0 Å². The molecule has 1 aliphatic rings. The average molecular weight is 377 g/mol. The van der Waals surface area contributed by atoms with Crippen LogP contribution in [0.5, 0.6) is 17.2 Å². The fraction of sp³-hybridized carbons (Fsp3) is 0.143. The molecular weight excluding hydrogens is 358 g/mol. The maximum Gasteiger partial charge on any atom is 0.274 e. The number of methoxy groups -OCH3 is 1. The lowest BCUT2D eigenvalue weighted by Crippen LogP contribution is -2.14. The highest BCUT2D eigenvalue weighted by Crippen LogP contribution is 2.35. The lowest BCUT2D eigenvalue weighted by molar-refractivity contribution is 0.102. The molecule has 1 amide bonds. The van der Waals surface area contributed by atoms with Crippen LogP contribution in [0.4, 0.5) is 17.1 Å². The summed E-state index contributed by atoms with van der Waals surface area (Å²) in [5, 5.41) is 6.06. The molecule has 2 heterocycles. The molecular formula is C21H19N3O4. The number of carbonyl (C=O) groups is 1. The Morgan fingerprint density at radius 3 is 2.64 bits per heavy atom. The predicted molar refractivity (Wildman–Crippen MR) is 106 cm³/mol. The van der Waals surface area contributed by atoms with Crippen LogP contribution in [-0.4, -0.2) is 24.8 Å². The third-order valence-electron chi connectivity index (χ3n) is 4.26. The van der Waals surface area contributed by atoms with Crippen LogP contribution < -0.4 is 24.8 Å². The van der Waals surface area contributed by atoms with E-state index in [4.69, 9.17) is 14.2 Å². The first-order chi connectivity index (χ1) is 13.6. The molecule has 142 valence electrons. The normalized spacial score (nSPS) is 11.8. The Balaban J connectivity index is 1.46. The highest BCUT2D eigenvalue weighted by Gasteiger charge is 2.14. The van der Waals surface area contributed by atoms with Gasteiger partial charge >= 0.3 is 0 Å². The molecule has 0 fully saturated rings. The molecule has 28 heavy (non-hydrogen) atoms. The number of anilines is 3. The molecule has 0 spiro atoms. The van der Waals surface area contributed by atoms with Gasteiger partial charge in [-0.15, -0.1) is 0 Å². The average Bonchev–Trinajstić information content (AvgIpc) is 3.16. The van der Waals surface area contributed by atoms with Crippen LogP contribution >= 0.6 is 0 Å². The number of carbonyl (C=O) groups excluding carboxylic acids is 1. The molecule has 4 rings (SSSR count). The van der Waals surface area contributed by atoms with E-state index in [0.29, 0.717) is 22.9 Å². The van der Waals surface area contributed by atoms with Gasteiger partial charge in [-0.05, 0) is 48.9 Å². The molecule has 0 saturated carbocycles. The second-order valence-corrected chi connectivity index (χ2v) is 6.28. The summed E-state index contributed by atoms with van der Waals surface area (Å²) in [6.45, 7) is 2.18. The van der Waals surface area contributed by atoms with Gasteiger partial charge in [-0.1, -0.05) is 6.07 Å². The van der Waals surface area contributed by atoms with E-state index >= 15 is 0 Å². The highest BCUT2D eigenvalue weighted by molar-refractivity contribution is 6.03. The van der Waals surface area contributed by atoms with Crippen LogP contribution in [0.15, 0.2) is 54.7 Å². The van der Waals surface area contributed by atoms with Crippen LogP contribution in [0.2, 0.25) is 0 Å². The predicted octanol–water partition coefficient (Wildman–Crippen LogP) is 4.12. The van der Waals surface area contributed by atoms with Gasteiger partial charge in [-0.2, -0.15) is 0 Å². The summed E-state index contributed by atoms with van der Waals surface area (Å²) in [4.78, 5) is 16.8. The number of aromatic nitrogens is 1. The first kappa shape index (κ1) is 17.7. The van der Waals surface area contributed by atoms with E-state index in [1.54, 1.807) is 25.4 Å². The largest absolute Gasteiger partial charge is 0.495 e. The number of fused-ring (bicyclic) bond motifs is 1. The smallest absolute Gasteiger partial charge is 0.274 e. The van der Waals surface area contributed by atoms with Crippen molar-refractivity contribution < 1.29 is 19.0 Å². The molecule has 0 atom stereocenters. The van der Waals surface area contributed by atoms with E-state index in [9.17, 15) is 4.79 Å². The van der Waals surface area contributed by atoms with Gasteiger partial charge < -0.3 is 24.8 Å². The van der Waals surface area contributed by atoms with Crippen molar-refractivity contribution >= 4 is 23.0 Å². The number of rotatable bonds is 5. The molecule has 2 N–H and O–H groups in total. The van der Waals surface area contributed by atoms with Crippen molar-refractivity contribution in [2.24, 2.45) is 0 Å². The van der Waals surface area contributed by atoms with Crippen LogP contribution in [0.3, 0.4) is 0 Å². The molecule has 7 heteroatoms. The maximum atomic E-state index is 12.5. The van der Waals surface area contributed by atoms with Crippen molar-refractivity contribution in [1.29, 1.82) is 0 Å². The standard InChI is InChI=1S/C21H19N3O4/c1-13-3-7-18(26-2)17(9-13)24-21(25)16-6-4-15(11-22-16)23-14-5-8-19-20(10-14)28-12-27-19/h3-11,23H,12H2,1-2H3,(H,24,25). The summed E-state index contributed by atoms with van der Waals surface area (Å²) in [5.41, 5.74) is 3.53. The Kier molecular flexibility index (Phi) is 4.72. The monoisotopic (exact) mass is 377 g/mol. The first-order valence-electron chi connectivity index (χ1n) is 8.71. The van der Waals surface area contributed by atoms with Gasteiger partial charge in [-0.25, -0.2) is 4.98 Å². The minimum Gasteiger partial charge on any atom is -0.495 e. The number of amides is 1. The van der Waals surface area contributed by atoms with Crippen LogP contribution in [0, 0.1) is 6.92 Å². The molecule has 1 aromatic heterocycles. The zero-order valence-electron chi connectivity index (χ0n) is 15.5. The summed E-state index contributed by atoms with van der Waals surface area (Å²) in [6, 6.07) is 14.6. The molecule has 7 nitrogen and oxygen atoms in total. The third-order valence-corrected chi connectivity index (χ3v) is 4.26. The molecule has 0 saturated heterocycles. The zero-order valence-corrected chi connectivity index (χ0v) is 15.5. The first-order valence-corrected chi connectivity index (χ1v) is 8.71. The SMILES string of the molecule is COc1ccc(C)cc1NC(=O)c1ccc(Nc2ccc3c(c2)OCO3)cn1. The Hall–Kier alpha value is -3.74.